The summed E-state index contributed by atoms with van der Waals surface area (Å²) < 4.78 is 5.67. The summed E-state index contributed by atoms with van der Waals surface area (Å²) in [5.41, 5.74) is 1.55. The predicted molar refractivity (Wildman–Crippen MR) is 134 cm³/mol. The number of hydrogen-bond donors (Lipinski definition) is 2. The van der Waals surface area contributed by atoms with E-state index in [1.54, 1.807) is 43.3 Å². The molecule has 34 heavy (non-hydrogen) atoms. The molecule has 174 valence electrons. The number of non-ortho nitro benzene ring substituents is 1. The van der Waals surface area contributed by atoms with Crippen LogP contribution in [0.15, 0.2) is 70.8 Å². The minimum absolute atomic E-state index is 0.116. The third-order valence-corrected chi connectivity index (χ3v) is 5.67. The zero-order valence-corrected chi connectivity index (χ0v) is 20.4. The van der Waals surface area contributed by atoms with Crippen LogP contribution in [-0.2, 0) is 4.79 Å². The SMILES string of the molecule is COc1ccc(Br)c(C(=O)N/C(=C/c2cccc([N+](=O)[O-])c2)C(=O)Nc2ccc(Cl)cc2C)c1. The van der Waals surface area contributed by atoms with Gasteiger partial charge < -0.3 is 15.4 Å². The second-order valence-corrected chi connectivity index (χ2v) is 8.41. The van der Waals surface area contributed by atoms with Crippen molar-refractivity contribution in [1.29, 1.82) is 0 Å². The molecule has 0 saturated heterocycles. The van der Waals surface area contributed by atoms with Gasteiger partial charge >= 0.3 is 0 Å². The molecule has 8 nitrogen and oxygen atoms in total. The largest absolute Gasteiger partial charge is 0.497 e. The highest BCUT2D eigenvalue weighted by Gasteiger charge is 2.19. The van der Waals surface area contributed by atoms with Crippen LogP contribution < -0.4 is 15.4 Å². The van der Waals surface area contributed by atoms with Crippen molar-refractivity contribution in [3.63, 3.8) is 0 Å². The van der Waals surface area contributed by atoms with Crippen LogP contribution in [0, 0.1) is 17.0 Å². The number of carbonyl (C=O) groups is 2. The molecular weight excluding hydrogens is 526 g/mol. The highest BCUT2D eigenvalue weighted by Crippen LogP contribution is 2.24. The molecule has 0 spiro atoms. The Labute approximate surface area is 208 Å². The summed E-state index contributed by atoms with van der Waals surface area (Å²) in [5, 5.41) is 17.0. The average Bonchev–Trinajstić information content (AvgIpc) is 2.80. The Morgan fingerprint density at radius 1 is 1.12 bits per heavy atom. The first-order valence-electron chi connectivity index (χ1n) is 9.86. The number of methoxy groups -OCH3 is 1. The van der Waals surface area contributed by atoms with Crippen LogP contribution in [0.3, 0.4) is 0 Å². The Morgan fingerprint density at radius 2 is 1.88 bits per heavy atom. The monoisotopic (exact) mass is 543 g/mol. The summed E-state index contributed by atoms with van der Waals surface area (Å²) in [6, 6.07) is 15.5. The minimum atomic E-state index is -0.621. The molecule has 2 amide bonds. The number of nitrogens with one attached hydrogen (secondary N) is 2. The summed E-state index contributed by atoms with van der Waals surface area (Å²) in [4.78, 5) is 36.8. The minimum Gasteiger partial charge on any atom is -0.497 e. The number of rotatable bonds is 7. The Morgan fingerprint density at radius 3 is 2.56 bits per heavy atom. The lowest BCUT2D eigenvalue weighted by atomic mass is 10.1. The van der Waals surface area contributed by atoms with Crippen molar-refractivity contribution in [1.82, 2.24) is 5.32 Å². The molecule has 0 unspecified atom stereocenters. The van der Waals surface area contributed by atoms with Crippen LogP contribution >= 0.6 is 27.5 Å². The molecule has 2 N–H and O–H groups in total. The number of nitro benzene ring substituents is 1. The first-order valence-corrected chi connectivity index (χ1v) is 11.0. The van der Waals surface area contributed by atoms with Crippen molar-refractivity contribution in [3.8, 4) is 5.75 Å². The molecule has 0 saturated carbocycles. The van der Waals surface area contributed by atoms with E-state index in [0.29, 0.717) is 26.5 Å². The number of nitrogens with zero attached hydrogens (tertiary/aromatic N) is 1. The highest BCUT2D eigenvalue weighted by atomic mass is 79.9. The Bertz CT molecular complexity index is 1310. The normalized spacial score (nSPS) is 11.0. The molecule has 0 aliphatic rings. The fourth-order valence-corrected chi connectivity index (χ4v) is 3.66. The number of anilines is 1. The fraction of sp³-hybridized carbons (Fsp3) is 0.0833. The van der Waals surface area contributed by atoms with Crippen LogP contribution in [0.4, 0.5) is 11.4 Å². The summed E-state index contributed by atoms with van der Waals surface area (Å²) >= 11 is 9.31. The van der Waals surface area contributed by atoms with Gasteiger partial charge in [0.1, 0.15) is 11.4 Å². The van der Waals surface area contributed by atoms with E-state index in [0.717, 1.165) is 5.56 Å². The molecule has 3 aromatic rings. The van der Waals surface area contributed by atoms with Gasteiger partial charge in [-0.25, -0.2) is 0 Å². The Kier molecular flexibility index (Phi) is 8.04. The van der Waals surface area contributed by atoms with Gasteiger partial charge in [0.15, 0.2) is 0 Å². The van der Waals surface area contributed by atoms with Crippen molar-refractivity contribution >= 4 is 56.8 Å². The van der Waals surface area contributed by atoms with Gasteiger partial charge in [-0.05, 0) is 76.5 Å². The molecule has 0 fully saturated rings. The number of benzene rings is 3. The van der Waals surface area contributed by atoms with Gasteiger partial charge in [0, 0.05) is 27.3 Å². The van der Waals surface area contributed by atoms with Crippen molar-refractivity contribution < 1.29 is 19.2 Å². The second-order valence-electron chi connectivity index (χ2n) is 7.12. The van der Waals surface area contributed by atoms with Gasteiger partial charge in [-0.2, -0.15) is 0 Å². The summed E-state index contributed by atoms with van der Waals surface area (Å²) in [5.74, 6) is -0.742. The van der Waals surface area contributed by atoms with Crippen LogP contribution in [-0.4, -0.2) is 23.8 Å². The lowest BCUT2D eigenvalue weighted by Crippen LogP contribution is -2.31. The van der Waals surface area contributed by atoms with Crippen LogP contribution in [0.1, 0.15) is 21.5 Å². The molecule has 3 aromatic carbocycles. The Balaban J connectivity index is 1.99. The molecule has 0 aromatic heterocycles. The lowest BCUT2D eigenvalue weighted by molar-refractivity contribution is -0.384. The highest BCUT2D eigenvalue weighted by molar-refractivity contribution is 9.10. The summed E-state index contributed by atoms with van der Waals surface area (Å²) in [7, 11) is 1.47. The maximum Gasteiger partial charge on any atom is 0.272 e. The van der Waals surface area contributed by atoms with Crippen LogP contribution in [0.2, 0.25) is 5.02 Å². The van der Waals surface area contributed by atoms with Gasteiger partial charge in [-0.1, -0.05) is 23.7 Å². The van der Waals surface area contributed by atoms with Gasteiger partial charge in [0.05, 0.1) is 17.6 Å². The van der Waals surface area contributed by atoms with E-state index < -0.39 is 16.7 Å². The van der Waals surface area contributed by atoms with Gasteiger partial charge in [0.25, 0.3) is 17.5 Å². The predicted octanol–water partition coefficient (Wildman–Crippen LogP) is 5.74. The van der Waals surface area contributed by atoms with Gasteiger partial charge in [-0.3, -0.25) is 19.7 Å². The zero-order chi connectivity index (χ0) is 24.8. The number of amides is 2. The molecule has 3 rings (SSSR count). The third kappa shape index (κ3) is 6.21. The fourth-order valence-electron chi connectivity index (χ4n) is 3.01. The van der Waals surface area contributed by atoms with Crippen LogP contribution in [0.5, 0.6) is 5.75 Å². The van der Waals surface area contributed by atoms with E-state index in [4.69, 9.17) is 16.3 Å². The van der Waals surface area contributed by atoms with E-state index in [-0.39, 0.29) is 16.9 Å². The maximum absolute atomic E-state index is 13.2. The first-order chi connectivity index (χ1) is 16.2. The first kappa shape index (κ1) is 24.9. The standard InChI is InChI=1S/C24H19BrClN3O5/c1-14-10-16(26)6-9-21(14)27-24(31)22(12-15-4-3-5-17(11-15)29(32)33)28-23(30)19-13-18(34-2)7-8-20(19)25/h3-13H,1-2H3,(H,27,31)(H,28,30)/b22-12+. The van der Waals surface area contributed by atoms with E-state index in [9.17, 15) is 19.7 Å². The molecule has 0 heterocycles. The van der Waals surface area contributed by atoms with E-state index in [1.165, 1.54) is 37.5 Å². The zero-order valence-electron chi connectivity index (χ0n) is 18.1. The summed E-state index contributed by atoms with van der Waals surface area (Å²) in [6.45, 7) is 1.78. The molecule has 0 radical (unpaired) electrons. The van der Waals surface area contributed by atoms with Crippen molar-refractivity contribution in [3.05, 3.63) is 103 Å². The van der Waals surface area contributed by atoms with E-state index in [2.05, 4.69) is 26.6 Å². The molecule has 0 bridgehead atoms. The Hall–Kier alpha value is -3.69. The molecule has 0 atom stereocenters. The van der Waals surface area contributed by atoms with Gasteiger partial charge in [0.2, 0.25) is 0 Å². The van der Waals surface area contributed by atoms with Crippen molar-refractivity contribution in [2.45, 2.75) is 6.92 Å². The average molecular weight is 545 g/mol. The maximum atomic E-state index is 13.2. The van der Waals surface area contributed by atoms with Crippen LogP contribution in [0.25, 0.3) is 6.08 Å². The lowest BCUT2D eigenvalue weighted by Gasteiger charge is -2.14. The van der Waals surface area contributed by atoms with Crippen molar-refractivity contribution in [2.75, 3.05) is 12.4 Å². The molecule has 0 aliphatic heterocycles. The summed E-state index contributed by atoms with van der Waals surface area (Å²) in [6.07, 6.45) is 1.36. The number of aryl methyl sites for hydroxylation is 1. The number of halogens is 2. The molecular formula is C24H19BrClN3O5. The molecule has 0 aliphatic carbocycles. The third-order valence-electron chi connectivity index (χ3n) is 4.74. The number of carbonyl (C=O) groups excluding carboxylic acids is 2. The molecule has 10 heteroatoms. The van der Waals surface area contributed by atoms with Crippen molar-refractivity contribution in [2.24, 2.45) is 0 Å². The number of ether oxygens (including phenoxy) is 1. The van der Waals surface area contributed by atoms with E-state index >= 15 is 0 Å². The number of nitro groups is 1. The number of hydrogen-bond acceptors (Lipinski definition) is 5. The topological polar surface area (TPSA) is 111 Å². The quantitative estimate of drug-likeness (QED) is 0.224. The smallest absolute Gasteiger partial charge is 0.272 e. The second kappa shape index (κ2) is 11.0. The van der Waals surface area contributed by atoms with Gasteiger partial charge in [-0.15, -0.1) is 0 Å². The van der Waals surface area contributed by atoms with E-state index in [1.807, 2.05) is 0 Å².